The van der Waals surface area contributed by atoms with Crippen molar-refractivity contribution < 1.29 is 4.79 Å². The molecule has 1 aliphatic carbocycles. The Morgan fingerprint density at radius 3 is 2.47 bits per heavy atom. The van der Waals surface area contributed by atoms with Crippen molar-refractivity contribution in [1.82, 2.24) is 5.32 Å². The van der Waals surface area contributed by atoms with E-state index in [1.165, 1.54) is 47.6 Å². The van der Waals surface area contributed by atoms with Gasteiger partial charge in [0.05, 0.1) is 0 Å². The lowest BCUT2D eigenvalue weighted by Crippen LogP contribution is -2.32. The minimum atomic E-state index is -0.0242. The third kappa shape index (κ3) is 4.91. The van der Waals surface area contributed by atoms with Gasteiger partial charge in [0.25, 0.3) is 0 Å². The second-order valence-corrected chi connectivity index (χ2v) is 8.67. The van der Waals surface area contributed by atoms with Gasteiger partial charge in [-0.25, -0.2) is 0 Å². The van der Waals surface area contributed by atoms with Gasteiger partial charge in [0, 0.05) is 24.7 Å². The van der Waals surface area contributed by atoms with Crippen LogP contribution >= 0.6 is 0 Å². The van der Waals surface area contributed by atoms with Gasteiger partial charge in [-0.3, -0.25) is 4.79 Å². The second kappa shape index (κ2) is 9.44. The van der Waals surface area contributed by atoms with E-state index in [1.807, 2.05) is 12.1 Å². The minimum absolute atomic E-state index is 0.0242. The fourth-order valence-corrected chi connectivity index (χ4v) is 4.93. The maximum absolute atomic E-state index is 11.3. The molecule has 0 aromatic heterocycles. The summed E-state index contributed by atoms with van der Waals surface area (Å²) in [6.45, 7) is 3.84. The standard InChI is InChI=1S/C27H32N2O/c1-19(26-13-7-10-22-8-4-6-12-27(22)26)28-25-11-5-3-9-23(18-25)21-14-16-24(17-15-21)29-20(2)30/h4,6-8,10,12-17,19,23,25,28H,3,5,9,11,18H2,1-2H3,(H,29,30)/t19-,23?,25?/m1/s1. The summed E-state index contributed by atoms with van der Waals surface area (Å²) in [5.41, 5.74) is 3.64. The predicted octanol–water partition coefficient (Wildman–Crippen LogP) is 6.57. The Balaban J connectivity index is 1.47. The van der Waals surface area contributed by atoms with E-state index in [9.17, 15) is 4.79 Å². The molecule has 156 valence electrons. The molecule has 0 bridgehead atoms. The first-order chi connectivity index (χ1) is 14.6. The molecular weight excluding hydrogens is 368 g/mol. The Kier molecular flexibility index (Phi) is 6.49. The van der Waals surface area contributed by atoms with Crippen molar-refractivity contribution in [2.45, 2.75) is 64.0 Å². The zero-order valence-corrected chi connectivity index (χ0v) is 18.0. The molecule has 0 saturated heterocycles. The van der Waals surface area contributed by atoms with Crippen LogP contribution in [0.15, 0.2) is 66.7 Å². The molecule has 2 unspecified atom stereocenters. The highest BCUT2D eigenvalue weighted by atomic mass is 16.1. The zero-order chi connectivity index (χ0) is 20.9. The van der Waals surface area contributed by atoms with E-state index in [2.05, 4.69) is 72.2 Å². The number of carbonyl (C=O) groups excluding carboxylic acids is 1. The zero-order valence-electron chi connectivity index (χ0n) is 18.0. The Morgan fingerprint density at radius 2 is 1.67 bits per heavy atom. The van der Waals surface area contributed by atoms with Crippen molar-refractivity contribution in [2.75, 3.05) is 5.32 Å². The molecule has 3 aromatic rings. The van der Waals surface area contributed by atoms with Crippen molar-refractivity contribution in [2.24, 2.45) is 0 Å². The maximum atomic E-state index is 11.3. The maximum Gasteiger partial charge on any atom is 0.221 e. The topological polar surface area (TPSA) is 41.1 Å². The third-order valence-electron chi connectivity index (χ3n) is 6.40. The molecule has 0 aliphatic heterocycles. The lowest BCUT2D eigenvalue weighted by atomic mass is 9.89. The predicted molar refractivity (Wildman–Crippen MR) is 126 cm³/mol. The molecule has 1 aliphatic rings. The van der Waals surface area contributed by atoms with Crippen LogP contribution in [0.25, 0.3) is 10.8 Å². The molecule has 3 aromatic carbocycles. The molecule has 3 heteroatoms. The number of rotatable bonds is 5. The van der Waals surface area contributed by atoms with Gasteiger partial charge in [0.15, 0.2) is 0 Å². The van der Waals surface area contributed by atoms with Crippen LogP contribution in [0.4, 0.5) is 5.69 Å². The molecule has 2 N–H and O–H groups in total. The fraction of sp³-hybridized carbons (Fsp3) is 0.370. The molecule has 1 fully saturated rings. The average Bonchev–Trinajstić information content (AvgIpc) is 2.99. The van der Waals surface area contributed by atoms with Gasteiger partial charge >= 0.3 is 0 Å². The van der Waals surface area contributed by atoms with Crippen LogP contribution in [-0.2, 0) is 4.79 Å². The van der Waals surface area contributed by atoms with Crippen molar-refractivity contribution in [3.05, 3.63) is 77.9 Å². The van der Waals surface area contributed by atoms with E-state index in [4.69, 9.17) is 0 Å². The van der Waals surface area contributed by atoms with Gasteiger partial charge in [0.1, 0.15) is 0 Å². The van der Waals surface area contributed by atoms with Crippen LogP contribution in [0.1, 0.15) is 69.0 Å². The Hall–Kier alpha value is -2.65. The SMILES string of the molecule is CC(=O)Nc1ccc(C2CCCCC(N[C@H](C)c3cccc4ccccc34)C2)cc1. The molecule has 1 amide bonds. The Morgan fingerprint density at radius 1 is 0.933 bits per heavy atom. The molecule has 0 heterocycles. The highest BCUT2D eigenvalue weighted by Crippen LogP contribution is 2.34. The number of hydrogen-bond acceptors (Lipinski definition) is 2. The van der Waals surface area contributed by atoms with Gasteiger partial charge in [-0.05, 0) is 66.1 Å². The second-order valence-electron chi connectivity index (χ2n) is 8.67. The van der Waals surface area contributed by atoms with Crippen molar-refractivity contribution in [1.29, 1.82) is 0 Å². The largest absolute Gasteiger partial charge is 0.326 e. The number of benzene rings is 3. The molecular formula is C27H32N2O. The van der Waals surface area contributed by atoms with Crippen LogP contribution in [0.5, 0.6) is 0 Å². The average molecular weight is 401 g/mol. The van der Waals surface area contributed by atoms with E-state index in [0.717, 1.165) is 12.1 Å². The fourth-order valence-electron chi connectivity index (χ4n) is 4.93. The highest BCUT2D eigenvalue weighted by Gasteiger charge is 2.23. The third-order valence-corrected chi connectivity index (χ3v) is 6.40. The van der Waals surface area contributed by atoms with Crippen LogP contribution in [0.2, 0.25) is 0 Å². The molecule has 0 spiro atoms. The van der Waals surface area contributed by atoms with Crippen molar-refractivity contribution in [3.8, 4) is 0 Å². The summed E-state index contributed by atoms with van der Waals surface area (Å²) in [5, 5.41) is 9.46. The lowest BCUT2D eigenvalue weighted by molar-refractivity contribution is -0.114. The van der Waals surface area contributed by atoms with Gasteiger partial charge in [-0.2, -0.15) is 0 Å². The number of hydrogen-bond donors (Lipinski definition) is 2. The summed E-state index contributed by atoms with van der Waals surface area (Å²) in [6, 6.07) is 24.6. The summed E-state index contributed by atoms with van der Waals surface area (Å²) in [5.74, 6) is 0.542. The molecule has 30 heavy (non-hydrogen) atoms. The van der Waals surface area contributed by atoms with E-state index in [1.54, 1.807) is 6.92 Å². The first kappa shape index (κ1) is 20.6. The van der Waals surface area contributed by atoms with Gasteiger partial charge < -0.3 is 10.6 Å². The number of amides is 1. The first-order valence-corrected chi connectivity index (χ1v) is 11.2. The van der Waals surface area contributed by atoms with Gasteiger partial charge in [-0.15, -0.1) is 0 Å². The first-order valence-electron chi connectivity index (χ1n) is 11.2. The van der Waals surface area contributed by atoms with Gasteiger partial charge in [-0.1, -0.05) is 67.4 Å². The van der Waals surface area contributed by atoms with E-state index < -0.39 is 0 Å². The summed E-state index contributed by atoms with van der Waals surface area (Å²) >= 11 is 0. The summed E-state index contributed by atoms with van der Waals surface area (Å²) in [4.78, 5) is 11.3. The minimum Gasteiger partial charge on any atom is -0.326 e. The molecule has 0 radical (unpaired) electrons. The number of fused-ring (bicyclic) bond motifs is 1. The van der Waals surface area contributed by atoms with Crippen LogP contribution < -0.4 is 10.6 Å². The van der Waals surface area contributed by atoms with E-state index >= 15 is 0 Å². The van der Waals surface area contributed by atoms with E-state index in [0.29, 0.717) is 18.0 Å². The smallest absolute Gasteiger partial charge is 0.221 e. The number of nitrogens with one attached hydrogen (secondary N) is 2. The molecule has 1 saturated carbocycles. The highest BCUT2D eigenvalue weighted by molar-refractivity contribution is 5.88. The number of anilines is 1. The summed E-state index contributed by atoms with van der Waals surface area (Å²) in [7, 11) is 0. The quantitative estimate of drug-likeness (QED) is 0.476. The van der Waals surface area contributed by atoms with Crippen LogP contribution in [-0.4, -0.2) is 11.9 Å². The Labute approximate surface area is 179 Å². The van der Waals surface area contributed by atoms with Crippen LogP contribution in [0, 0.1) is 0 Å². The summed E-state index contributed by atoms with van der Waals surface area (Å²) < 4.78 is 0. The van der Waals surface area contributed by atoms with Gasteiger partial charge in [0.2, 0.25) is 5.91 Å². The van der Waals surface area contributed by atoms with E-state index in [-0.39, 0.29) is 5.91 Å². The number of carbonyl (C=O) groups is 1. The Bertz CT molecular complexity index is 990. The monoisotopic (exact) mass is 400 g/mol. The van der Waals surface area contributed by atoms with Crippen molar-refractivity contribution in [3.63, 3.8) is 0 Å². The molecule has 3 nitrogen and oxygen atoms in total. The van der Waals surface area contributed by atoms with Crippen LogP contribution in [0.3, 0.4) is 0 Å². The summed E-state index contributed by atoms with van der Waals surface area (Å²) in [6.07, 6.45) is 6.18. The molecule has 3 atom stereocenters. The molecule has 4 rings (SSSR count). The lowest BCUT2D eigenvalue weighted by Gasteiger charge is -2.26. The normalized spacial score (nSPS) is 20.5. The van der Waals surface area contributed by atoms with Crippen molar-refractivity contribution >= 4 is 22.4 Å².